The molecular weight excluding hydrogens is 228 g/mol. The first-order valence-corrected chi connectivity index (χ1v) is 6.68. The third-order valence-corrected chi connectivity index (χ3v) is 2.96. The van der Waals surface area contributed by atoms with Gasteiger partial charge >= 0.3 is 0 Å². The molecule has 1 saturated carbocycles. The van der Waals surface area contributed by atoms with Gasteiger partial charge < -0.3 is 14.8 Å². The summed E-state index contributed by atoms with van der Waals surface area (Å²) in [6.07, 6.45) is 6.47. The number of pyridine rings is 1. The molecule has 0 radical (unpaired) electrons. The van der Waals surface area contributed by atoms with Crippen molar-refractivity contribution in [2.45, 2.75) is 38.3 Å². The Balaban J connectivity index is 1.63. The Hall–Kier alpha value is -1.13. The number of hydrogen-bond donors (Lipinski definition) is 1. The third kappa shape index (κ3) is 5.02. The molecule has 100 valence electrons. The minimum atomic E-state index is 0.725. The van der Waals surface area contributed by atoms with Gasteiger partial charge in [-0.05, 0) is 37.8 Å². The van der Waals surface area contributed by atoms with E-state index in [1.54, 1.807) is 13.3 Å². The van der Waals surface area contributed by atoms with Gasteiger partial charge in [0.2, 0.25) is 0 Å². The van der Waals surface area contributed by atoms with Crippen molar-refractivity contribution in [3.05, 3.63) is 24.0 Å². The van der Waals surface area contributed by atoms with Gasteiger partial charge in [0, 0.05) is 26.3 Å². The van der Waals surface area contributed by atoms with E-state index in [0.29, 0.717) is 0 Å². The fourth-order valence-electron chi connectivity index (χ4n) is 1.68. The fourth-order valence-corrected chi connectivity index (χ4v) is 1.68. The quantitative estimate of drug-likeness (QED) is 0.682. The van der Waals surface area contributed by atoms with Crippen LogP contribution in [0, 0.1) is 0 Å². The summed E-state index contributed by atoms with van der Waals surface area (Å²) in [5.74, 6) is 0.850. The number of nitrogens with one attached hydrogen (secondary N) is 1. The zero-order valence-corrected chi connectivity index (χ0v) is 11.0. The molecule has 1 N–H and O–H groups in total. The average molecular weight is 250 g/mol. The van der Waals surface area contributed by atoms with E-state index in [-0.39, 0.29) is 0 Å². The van der Waals surface area contributed by atoms with Crippen LogP contribution in [0.3, 0.4) is 0 Å². The van der Waals surface area contributed by atoms with E-state index in [1.165, 1.54) is 12.8 Å². The SMILES string of the molecule is COCCCCOc1ccc(CNC2CC2)nc1. The molecule has 4 nitrogen and oxygen atoms in total. The van der Waals surface area contributed by atoms with Gasteiger partial charge in [-0.2, -0.15) is 0 Å². The van der Waals surface area contributed by atoms with Crippen molar-refractivity contribution in [1.82, 2.24) is 10.3 Å². The monoisotopic (exact) mass is 250 g/mol. The normalized spacial score (nSPS) is 14.7. The molecule has 0 amide bonds. The van der Waals surface area contributed by atoms with E-state index in [2.05, 4.69) is 10.3 Å². The number of nitrogens with zero attached hydrogens (tertiary/aromatic N) is 1. The zero-order chi connectivity index (χ0) is 12.6. The molecular formula is C14H22N2O2. The van der Waals surface area contributed by atoms with Gasteiger partial charge in [-0.15, -0.1) is 0 Å². The summed E-state index contributed by atoms with van der Waals surface area (Å²) in [6.45, 7) is 2.39. The summed E-state index contributed by atoms with van der Waals surface area (Å²) in [5.41, 5.74) is 1.08. The highest BCUT2D eigenvalue weighted by molar-refractivity contribution is 5.19. The average Bonchev–Trinajstić information content (AvgIpc) is 3.22. The number of ether oxygens (including phenoxy) is 2. The van der Waals surface area contributed by atoms with Gasteiger partial charge in [0.25, 0.3) is 0 Å². The molecule has 1 aliphatic rings. The Morgan fingerprint density at radius 2 is 2.11 bits per heavy atom. The summed E-state index contributed by atoms with van der Waals surface area (Å²) in [6, 6.07) is 4.75. The van der Waals surface area contributed by atoms with E-state index >= 15 is 0 Å². The van der Waals surface area contributed by atoms with Crippen molar-refractivity contribution >= 4 is 0 Å². The Morgan fingerprint density at radius 3 is 2.78 bits per heavy atom. The van der Waals surface area contributed by atoms with Crippen LogP contribution in [-0.2, 0) is 11.3 Å². The molecule has 0 unspecified atom stereocenters. The number of aromatic nitrogens is 1. The van der Waals surface area contributed by atoms with Crippen LogP contribution in [0.5, 0.6) is 5.75 Å². The highest BCUT2D eigenvalue weighted by Gasteiger charge is 2.19. The lowest BCUT2D eigenvalue weighted by Crippen LogP contribution is -2.16. The number of hydrogen-bond acceptors (Lipinski definition) is 4. The predicted molar refractivity (Wildman–Crippen MR) is 70.7 cm³/mol. The van der Waals surface area contributed by atoms with Gasteiger partial charge in [0.05, 0.1) is 18.5 Å². The molecule has 4 heteroatoms. The van der Waals surface area contributed by atoms with Crippen molar-refractivity contribution in [3.63, 3.8) is 0 Å². The maximum Gasteiger partial charge on any atom is 0.137 e. The van der Waals surface area contributed by atoms with E-state index in [9.17, 15) is 0 Å². The maximum atomic E-state index is 5.61. The molecule has 0 bridgehead atoms. The minimum absolute atomic E-state index is 0.725. The van der Waals surface area contributed by atoms with E-state index < -0.39 is 0 Å². The number of unbranched alkanes of at least 4 members (excludes halogenated alkanes) is 1. The van der Waals surface area contributed by atoms with Crippen molar-refractivity contribution < 1.29 is 9.47 Å². The molecule has 18 heavy (non-hydrogen) atoms. The number of rotatable bonds is 9. The summed E-state index contributed by atoms with van der Waals surface area (Å²) < 4.78 is 10.6. The first-order chi connectivity index (χ1) is 8.88. The fraction of sp³-hybridized carbons (Fsp3) is 0.643. The highest BCUT2D eigenvalue weighted by atomic mass is 16.5. The molecule has 1 fully saturated rings. The lowest BCUT2D eigenvalue weighted by molar-refractivity contribution is 0.184. The predicted octanol–water partition coefficient (Wildman–Crippen LogP) is 2.14. The van der Waals surface area contributed by atoms with Gasteiger partial charge in [0.15, 0.2) is 0 Å². The lowest BCUT2D eigenvalue weighted by Gasteiger charge is -2.07. The first-order valence-electron chi connectivity index (χ1n) is 6.68. The molecule has 1 aliphatic carbocycles. The Morgan fingerprint density at radius 1 is 1.28 bits per heavy atom. The Labute approximate surface area is 109 Å². The van der Waals surface area contributed by atoms with Gasteiger partial charge in [-0.3, -0.25) is 4.98 Å². The molecule has 2 rings (SSSR count). The molecule has 0 saturated heterocycles. The largest absolute Gasteiger partial charge is 0.492 e. The van der Waals surface area contributed by atoms with Crippen molar-refractivity contribution in [2.75, 3.05) is 20.3 Å². The van der Waals surface area contributed by atoms with Crippen LogP contribution in [0.1, 0.15) is 31.4 Å². The molecule has 0 atom stereocenters. The Bertz CT molecular complexity index is 336. The summed E-state index contributed by atoms with van der Waals surface area (Å²) >= 11 is 0. The molecule has 1 heterocycles. The van der Waals surface area contributed by atoms with Crippen molar-refractivity contribution in [2.24, 2.45) is 0 Å². The van der Waals surface area contributed by atoms with Crippen LogP contribution in [0.2, 0.25) is 0 Å². The first kappa shape index (κ1) is 13.3. The van der Waals surface area contributed by atoms with E-state index in [4.69, 9.17) is 9.47 Å². The lowest BCUT2D eigenvalue weighted by atomic mass is 10.3. The molecule has 0 spiro atoms. The van der Waals surface area contributed by atoms with E-state index in [1.807, 2.05) is 12.1 Å². The van der Waals surface area contributed by atoms with Crippen LogP contribution in [0.15, 0.2) is 18.3 Å². The van der Waals surface area contributed by atoms with Gasteiger partial charge in [-0.25, -0.2) is 0 Å². The molecule has 1 aromatic rings. The highest BCUT2D eigenvalue weighted by Crippen LogP contribution is 2.19. The second-order valence-electron chi connectivity index (χ2n) is 4.69. The van der Waals surface area contributed by atoms with Crippen LogP contribution >= 0.6 is 0 Å². The van der Waals surface area contributed by atoms with Crippen molar-refractivity contribution in [1.29, 1.82) is 0 Å². The van der Waals surface area contributed by atoms with Crippen LogP contribution in [0.4, 0.5) is 0 Å². The van der Waals surface area contributed by atoms with Gasteiger partial charge in [-0.1, -0.05) is 0 Å². The number of methoxy groups -OCH3 is 1. The van der Waals surface area contributed by atoms with Crippen LogP contribution in [-0.4, -0.2) is 31.3 Å². The second kappa shape index (κ2) is 7.34. The summed E-state index contributed by atoms with van der Waals surface area (Å²) in [7, 11) is 1.72. The minimum Gasteiger partial charge on any atom is -0.492 e. The van der Waals surface area contributed by atoms with Gasteiger partial charge in [0.1, 0.15) is 5.75 Å². The van der Waals surface area contributed by atoms with Crippen LogP contribution in [0.25, 0.3) is 0 Å². The molecule has 0 aliphatic heterocycles. The standard InChI is InChI=1S/C14H22N2O2/c1-17-8-2-3-9-18-14-7-6-13(16-11-14)10-15-12-4-5-12/h6-7,11-12,15H,2-5,8-10H2,1H3. The molecule has 0 aromatic carbocycles. The van der Waals surface area contributed by atoms with Crippen LogP contribution < -0.4 is 10.1 Å². The van der Waals surface area contributed by atoms with Crippen molar-refractivity contribution in [3.8, 4) is 5.75 Å². The maximum absolute atomic E-state index is 5.61. The summed E-state index contributed by atoms with van der Waals surface area (Å²) in [5, 5.41) is 3.44. The molecule has 1 aromatic heterocycles. The zero-order valence-electron chi connectivity index (χ0n) is 11.0. The third-order valence-electron chi connectivity index (χ3n) is 2.96. The van der Waals surface area contributed by atoms with E-state index in [0.717, 1.165) is 50.1 Å². The Kier molecular flexibility index (Phi) is 5.42. The summed E-state index contributed by atoms with van der Waals surface area (Å²) in [4.78, 5) is 4.38. The smallest absolute Gasteiger partial charge is 0.137 e. The topological polar surface area (TPSA) is 43.4 Å². The second-order valence-corrected chi connectivity index (χ2v) is 4.69.